The SMILES string of the molecule is CNC1(CC(N)=O)CCCCC1c1ccccc1. The van der Waals surface area contributed by atoms with E-state index in [1.165, 1.54) is 12.0 Å². The Morgan fingerprint density at radius 2 is 2.11 bits per heavy atom. The Labute approximate surface area is 109 Å². The number of amides is 1. The fourth-order valence-electron chi connectivity index (χ4n) is 3.32. The van der Waals surface area contributed by atoms with E-state index in [2.05, 4.69) is 29.6 Å². The number of nitrogens with two attached hydrogens (primary N) is 1. The second-order valence-corrected chi connectivity index (χ2v) is 5.26. The molecule has 0 saturated heterocycles. The van der Waals surface area contributed by atoms with Crippen molar-refractivity contribution in [2.75, 3.05) is 7.05 Å². The van der Waals surface area contributed by atoms with Crippen LogP contribution in [0, 0.1) is 0 Å². The van der Waals surface area contributed by atoms with Crippen molar-refractivity contribution in [1.29, 1.82) is 0 Å². The maximum atomic E-state index is 11.4. The minimum absolute atomic E-state index is 0.161. The lowest BCUT2D eigenvalue weighted by Gasteiger charge is -2.44. The third-order valence-electron chi connectivity index (χ3n) is 4.22. The molecule has 0 spiro atoms. The number of nitrogens with one attached hydrogen (secondary N) is 1. The molecule has 3 heteroatoms. The number of likely N-dealkylation sites (N-methyl/N-ethyl adjacent to an activating group) is 1. The molecule has 0 aliphatic heterocycles. The highest BCUT2D eigenvalue weighted by molar-refractivity contribution is 5.75. The van der Waals surface area contributed by atoms with Gasteiger partial charge in [0.1, 0.15) is 0 Å². The fraction of sp³-hybridized carbons (Fsp3) is 0.533. The fourth-order valence-corrected chi connectivity index (χ4v) is 3.32. The number of primary amides is 1. The van der Waals surface area contributed by atoms with Crippen LogP contribution in [0.1, 0.15) is 43.6 Å². The van der Waals surface area contributed by atoms with Crippen LogP contribution in [0.15, 0.2) is 30.3 Å². The molecule has 3 nitrogen and oxygen atoms in total. The van der Waals surface area contributed by atoms with Crippen molar-refractivity contribution in [2.24, 2.45) is 5.73 Å². The predicted molar refractivity (Wildman–Crippen MR) is 73.3 cm³/mol. The third kappa shape index (κ3) is 2.56. The van der Waals surface area contributed by atoms with Gasteiger partial charge in [0.15, 0.2) is 0 Å². The Bertz CT molecular complexity index is 404. The summed E-state index contributed by atoms with van der Waals surface area (Å²) in [6.45, 7) is 0. The molecular weight excluding hydrogens is 224 g/mol. The van der Waals surface area contributed by atoms with Crippen LogP contribution in [0.5, 0.6) is 0 Å². The minimum atomic E-state index is -0.216. The maximum Gasteiger partial charge on any atom is 0.219 e. The summed E-state index contributed by atoms with van der Waals surface area (Å²) in [5.41, 5.74) is 6.60. The van der Waals surface area contributed by atoms with Gasteiger partial charge in [0.25, 0.3) is 0 Å². The summed E-state index contributed by atoms with van der Waals surface area (Å²) in [4.78, 5) is 11.4. The van der Waals surface area contributed by atoms with Gasteiger partial charge in [0.2, 0.25) is 5.91 Å². The Balaban J connectivity index is 2.32. The van der Waals surface area contributed by atoms with Crippen molar-refractivity contribution in [2.45, 2.75) is 43.6 Å². The molecule has 1 aliphatic carbocycles. The van der Waals surface area contributed by atoms with Gasteiger partial charge in [-0.05, 0) is 25.5 Å². The average Bonchev–Trinajstić information content (AvgIpc) is 2.39. The molecule has 18 heavy (non-hydrogen) atoms. The Hall–Kier alpha value is -1.35. The van der Waals surface area contributed by atoms with Gasteiger partial charge >= 0.3 is 0 Å². The predicted octanol–water partition coefficient (Wildman–Crippen LogP) is 2.18. The summed E-state index contributed by atoms with van der Waals surface area (Å²) in [6, 6.07) is 10.5. The summed E-state index contributed by atoms with van der Waals surface area (Å²) >= 11 is 0. The largest absolute Gasteiger partial charge is 0.370 e. The normalized spacial score (nSPS) is 27.9. The molecule has 0 radical (unpaired) electrons. The van der Waals surface area contributed by atoms with E-state index in [-0.39, 0.29) is 11.4 Å². The highest BCUT2D eigenvalue weighted by atomic mass is 16.1. The molecule has 98 valence electrons. The van der Waals surface area contributed by atoms with Crippen molar-refractivity contribution >= 4 is 5.91 Å². The minimum Gasteiger partial charge on any atom is -0.370 e. The standard InChI is InChI=1S/C15H22N2O/c1-17-15(11-14(16)18)10-6-5-9-13(15)12-7-3-2-4-8-12/h2-4,7-8,13,17H,5-6,9-11H2,1H3,(H2,16,18). The summed E-state index contributed by atoms with van der Waals surface area (Å²) in [5, 5.41) is 3.40. The van der Waals surface area contributed by atoms with E-state index >= 15 is 0 Å². The van der Waals surface area contributed by atoms with Crippen molar-refractivity contribution in [1.82, 2.24) is 5.32 Å². The molecule has 1 aliphatic rings. The Kier molecular flexibility index (Phi) is 4.02. The highest BCUT2D eigenvalue weighted by Gasteiger charge is 2.41. The van der Waals surface area contributed by atoms with Gasteiger partial charge in [-0.2, -0.15) is 0 Å². The quantitative estimate of drug-likeness (QED) is 0.855. The van der Waals surface area contributed by atoms with E-state index in [0.29, 0.717) is 12.3 Å². The molecule has 1 aromatic rings. The van der Waals surface area contributed by atoms with Gasteiger partial charge in [-0.15, -0.1) is 0 Å². The van der Waals surface area contributed by atoms with Crippen LogP contribution in [0.2, 0.25) is 0 Å². The monoisotopic (exact) mass is 246 g/mol. The van der Waals surface area contributed by atoms with Crippen LogP contribution in [-0.2, 0) is 4.79 Å². The topological polar surface area (TPSA) is 55.1 Å². The van der Waals surface area contributed by atoms with Gasteiger partial charge in [0.05, 0.1) is 0 Å². The molecule has 0 aromatic heterocycles. The van der Waals surface area contributed by atoms with E-state index < -0.39 is 0 Å². The van der Waals surface area contributed by atoms with Crippen LogP contribution in [0.3, 0.4) is 0 Å². The maximum absolute atomic E-state index is 11.4. The summed E-state index contributed by atoms with van der Waals surface area (Å²) in [7, 11) is 1.95. The van der Waals surface area contributed by atoms with E-state index in [0.717, 1.165) is 19.3 Å². The molecule has 3 N–H and O–H groups in total. The average molecular weight is 246 g/mol. The number of rotatable bonds is 4. The Morgan fingerprint density at radius 3 is 2.72 bits per heavy atom. The van der Waals surface area contributed by atoms with Crippen LogP contribution < -0.4 is 11.1 Å². The number of benzene rings is 1. The first-order valence-corrected chi connectivity index (χ1v) is 6.70. The molecule has 2 rings (SSSR count). The number of hydrogen-bond acceptors (Lipinski definition) is 2. The molecule has 1 amide bonds. The van der Waals surface area contributed by atoms with Crippen LogP contribution in [0.25, 0.3) is 0 Å². The van der Waals surface area contributed by atoms with Crippen molar-refractivity contribution in [3.63, 3.8) is 0 Å². The third-order valence-corrected chi connectivity index (χ3v) is 4.22. The molecule has 1 fully saturated rings. The first kappa shape index (κ1) is 13.1. The molecule has 1 saturated carbocycles. The highest BCUT2D eigenvalue weighted by Crippen LogP contribution is 2.42. The smallest absolute Gasteiger partial charge is 0.219 e. The lowest BCUT2D eigenvalue weighted by molar-refractivity contribution is -0.120. The van der Waals surface area contributed by atoms with Gasteiger partial charge in [-0.3, -0.25) is 4.79 Å². The number of carbonyl (C=O) groups excluding carboxylic acids is 1. The van der Waals surface area contributed by atoms with Crippen LogP contribution in [-0.4, -0.2) is 18.5 Å². The zero-order valence-electron chi connectivity index (χ0n) is 11.0. The second kappa shape index (κ2) is 5.53. The molecule has 2 atom stereocenters. The first-order chi connectivity index (χ1) is 8.68. The van der Waals surface area contributed by atoms with Crippen LogP contribution >= 0.6 is 0 Å². The molecule has 0 heterocycles. The van der Waals surface area contributed by atoms with E-state index in [1.54, 1.807) is 0 Å². The number of carbonyl (C=O) groups is 1. The van der Waals surface area contributed by atoms with E-state index in [9.17, 15) is 4.79 Å². The van der Waals surface area contributed by atoms with E-state index in [1.807, 2.05) is 13.1 Å². The van der Waals surface area contributed by atoms with Gasteiger partial charge in [-0.25, -0.2) is 0 Å². The number of hydrogen-bond donors (Lipinski definition) is 2. The van der Waals surface area contributed by atoms with Gasteiger partial charge in [0, 0.05) is 17.9 Å². The zero-order valence-corrected chi connectivity index (χ0v) is 11.0. The van der Waals surface area contributed by atoms with Crippen molar-refractivity contribution in [3.8, 4) is 0 Å². The Morgan fingerprint density at radius 1 is 1.39 bits per heavy atom. The summed E-state index contributed by atoms with van der Waals surface area (Å²) in [5.74, 6) is 0.164. The first-order valence-electron chi connectivity index (χ1n) is 6.70. The lowest BCUT2D eigenvalue weighted by atomic mass is 9.68. The molecular formula is C15H22N2O. The summed E-state index contributed by atoms with van der Waals surface area (Å²) < 4.78 is 0. The molecule has 1 aromatic carbocycles. The second-order valence-electron chi connectivity index (χ2n) is 5.26. The lowest BCUT2D eigenvalue weighted by Crippen LogP contribution is -2.52. The zero-order chi connectivity index (χ0) is 13.0. The van der Waals surface area contributed by atoms with E-state index in [4.69, 9.17) is 5.73 Å². The van der Waals surface area contributed by atoms with Gasteiger partial charge < -0.3 is 11.1 Å². The van der Waals surface area contributed by atoms with Crippen LogP contribution in [0.4, 0.5) is 0 Å². The molecule has 0 bridgehead atoms. The molecule has 2 unspecified atom stereocenters. The van der Waals surface area contributed by atoms with Crippen molar-refractivity contribution < 1.29 is 4.79 Å². The van der Waals surface area contributed by atoms with Crippen molar-refractivity contribution in [3.05, 3.63) is 35.9 Å². The summed E-state index contributed by atoms with van der Waals surface area (Å²) in [6.07, 6.45) is 4.95. The van der Waals surface area contributed by atoms with Gasteiger partial charge in [-0.1, -0.05) is 43.2 Å².